The van der Waals surface area contributed by atoms with Crippen molar-refractivity contribution in [2.75, 3.05) is 35.3 Å². The Morgan fingerprint density at radius 1 is 0.327 bits per heavy atom. The Morgan fingerprint density at radius 3 is 0.880 bits per heavy atom. The second-order valence-electron chi connectivity index (χ2n) is 36.6. The fourth-order valence-electron chi connectivity index (χ4n) is 15.8. The summed E-state index contributed by atoms with van der Waals surface area (Å²) in [5.41, 5.74) is 5.67. The summed E-state index contributed by atoms with van der Waals surface area (Å²) >= 11 is 5.98. The van der Waals surface area contributed by atoms with Crippen molar-refractivity contribution in [3.05, 3.63) is 373 Å². The number of nitrogens with zero attached hydrogens (tertiary/aromatic N) is 1. The summed E-state index contributed by atoms with van der Waals surface area (Å²) in [4.78, 5) is 134. The van der Waals surface area contributed by atoms with Crippen molar-refractivity contribution in [1.29, 1.82) is 0 Å². The molecule has 0 aliphatic heterocycles. The first kappa shape index (κ1) is 119. The lowest BCUT2D eigenvalue weighted by Crippen LogP contribution is -2.31. The molecular formula is C114H120ClN3O27S5. The van der Waals surface area contributed by atoms with E-state index in [4.69, 9.17) is 11.6 Å². The van der Waals surface area contributed by atoms with E-state index in [1.54, 1.807) is 166 Å². The van der Waals surface area contributed by atoms with Crippen LogP contribution in [-0.2, 0) is 118 Å². The number of nitro groups is 1. The summed E-state index contributed by atoms with van der Waals surface area (Å²) in [6.07, 6.45) is 5.24. The maximum absolute atomic E-state index is 12.9. The van der Waals surface area contributed by atoms with E-state index in [0.717, 1.165) is 42.4 Å². The second kappa shape index (κ2) is 57.2. The monoisotopic (exact) mass is 2160 g/mol. The number of phenolic OH excluding ortho intramolecular Hbond substituents is 5. The van der Waals surface area contributed by atoms with Crippen LogP contribution in [0.2, 0.25) is 5.02 Å². The molecule has 7 N–H and O–H groups in total. The zero-order chi connectivity index (χ0) is 109. The Morgan fingerprint density at radius 2 is 0.593 bits per heavy atom. The van der Waals surface area contributed by atoms with E-state index in [0.29, 0.717) is 59.0 Å². The number of nitro benzene ring substituents is 1. The van der Waals surface area contributed by atoms with Crippen LogP contribution in [0.4, 0.5) is 5.69 Å². The molecule has 0 radical (unpaired) electrons. The van der Waals surface area contributed by atoms with Gasteiger partial charge in [0.25, 0.3) is 17.5 Å². The number of benzene rings is 12. The first-order valence-electron chi connectivity index (χ1n) is 48.4. The minimum atomic E-state index is -3.88. The number of Topliss-reactive ketones (excluding diaryl/α,β-unsaturated/α-hetero) is 8. The van der Waals surface area contributed by atoms with Crippen LogP contribution < -0.4 is 10.6 Å². The van der Waals surface area contributed by atoms with Gasteiger partial charge in [-0.2, -0.15) is 0 Å². The van der Waals surface area contributed by atoms with Crippen LogP contribution in [0, 0.1) is 22.0 Å². The molecule has 0 saturated heterocycles. The van der Waals surface area contributed by atoms with Crippen molar-refractivity contribution in [3.8, 4) is 28.7 Å². The quantitative estimate of drug-likeness (QED) is 0.0106. The molecular weight excluding hydrogens is 2040 g/mol. The average Bonchev–Trinajstić information content (AvgIpc) is 0.842. The van der Waals surface area contributed by atoms with Gasteiger partial charge >= 0.3 is 0 Å². The molecule has 790 valence electrons. The number of carbonyl (C=O) groups is 10. The van der Waals surface area contributed by atoms with Crippen molar-refractivity contribution in [1.82, 2.24) is 10.6 Å². The van der Waals surface area contributed by atoms with E-state index >= 15 is 0 Å². The van der Waals surface area contributed by atoms with Crippen molar-refractivity contribution < 1.29 is 120 Å². The van der Waals surface area contributed by atoms with Gasteiger partial charge in [-0.3, -0.25) is 58.1 Å². The number of ketones is 8. The number of aryl methyl sites for hydroxylation is 2. The van der Waals surface area contributed by atoms with Gasteiger partial charge in [0, 0.05) is 130 Å². The molecule has 12 aromatic rings. The molecule has 1 saturated carbocycles. The van der Waals surface area contributed by atoms with E-state index in [-0.39, 0.29) is 245 Å². The molecule has 12 aromatic carbocycles. The minimum absolute atomic E-state index is 0.0282. The van der Waals surface area contributed by atoms with Gasteiger partial charge in [-0.25, -0.2) is 42.1 Å². The van der Waals surface area contributed by atoms with Crippen LogP contribution in [0.3, 0.4) is 0 Å². The number of hydrogen-bond acceptors (Lipinski definition) is 27. The Hall–Kier alpha value is -14.6. The molecule has 2 amide bonds. The van der Waals surface area contributed by atoms with Gasteiger partial charge in [0.05, 0.1) is 69.3 Å². The fraction of sp³-hybridized carbons (Fsp3) is 0.281. The molecule has 150 heavy (non-hydrogen) atoms. The first-order valence-corrected chi connectivity index (χ1v) is 57.0. The molecule has 0 aromatic heterocycles. The van der Waals surface area contributed by atoms with E-state index < -0.39 is 71.7 Å². The zero-order valence-electron chi connectivity index (χ0n) is 83.2. The second-order valence-corrected chi connectivity index (χ2v) is 47.5. The van der Waals surface area contributed by atoms with Crippen molar-refractivity contribution in [2.45, 2.75) is 180 Å². The number of phenols is 5. The summed E-state index contributed by atoms with van der Waals surface area (Å²) in [5, 5.41) is 63.2. The van der Waals surface area contributed by atoms with E-state index in [2.05, 4.69) is 10.6 Å². The number of aromatic hydroxyl groups is 5. The number of carbonyl (C=O) groups excluding carboxylic acids is 10. The number of amides is 2. The number of sulfone groups is 5. The van der Waals surface area contributed by atoms with Gasteiger partial charge in [0.1, 0.15) is 57.7 Å². The Labute approximate surface area is 878 Å². The van der Waals surface area contributed by atoms with Crippen molar-refractivity contribution in [3.63, 3.8) is 0 Å². The van der Waals surface area contributed by atoms with Crippen molar-refractivity contribution >= 4 is 125 Å². The molecule has 0 bridgehead atoms. The highest BCUT2D eigenvalue weighted by Gasteiger charge is 2.31. The third-order valence-electron chi connectivity index (χ3n) is 23.8. The summed E-state index contributed by atoms with van der Waals surface area (Å²) < 4.78 is 128. The van der Waals surface area contributed by atoms with Crippen molar-refractivity contribution in [2.24, 2.45) is 11.8 Å². The first-order chi connectivity index (χ1) is 71.1. The van der Waals surface area contributed by atoms with Crippen LogP contribution in [0.1, 0.15) is 195 Å². The predicted molar refractivity (Wildman–Crippen MR) is 570 cm³/mol. The minimum Gasteiger partial charge on any atom is -0.508 e. The lowest BCUT2D eigenvalue weighted by atomic mass is 9.97. The van der Waals surface area contributed by atoms with Gasteiger partial charge in [0.2, 0.25) is 0 Å². The molecule has 0 atom stereocenters. The average molecular weight is 2160 g/mol. The SMILES string of the molecule is CC(C)CNC(=O)c1ccccc1S(=O)(=O)CCC(=O)Cc1ccc(O)cc1.CC(C)NC(=O)c1ccccc1S(=O)(=O)CCC(=O)Cc1ccc(O)cc1.O=C(CCS(=O)(=O)c1ccccc1C(=O)CC1CCCC1)Cc1ccc(O)cc1.O=C(CCS(=O)(=O)c1ccccc1C(=O)CCc1ccc([N+](=O)[O-])cc1)Cc1ccc(O)cc1.O=C(CCS(=O)(=O)c1ccccc1C(=O)CCc1cccc(Cl)c1)Cc1ccc(O)cc1. The van der Waals surface area contributed by atoms with Crippen LogP contribution in [0.5, 0.6) is 28.7 Å². The summed E-state index contributed by atoms with van der Waals surface area (Å²) in [7, 11) is -19.0. The molecule has 36 heteroatoms. The van der Waals surface area contributed by atoms with Gasteiger partial charge in [-0.1, -0.05) is 215 Å². The molecule has 13 rings (SSSR count). The molecule has 1 aliphatic carbocycles. The van der Waals surface area contributed by atoms with Crippen LogP contribution in [0.15, 0.2) is 316 Å². The van der Waals surface area contributed by atoms with Gasteiger partial charge in [-0.05, 0) is 193 Å². The topological polar surface area (TPSA) is 510 Å². The third-order valence-corrected chi connectivity index (χ3v) is 32.9. The molecule has 0 spiro atoms. The number of nitrogens with one attached hydrogen (secondary N) is 2. The Bertz CT molecular complexity index is 7370. The van der Waals surface area contributed by atoms with E-state index in [1.165, 1.54) is 133 Å². The number of rotatable bonds is 47. The maximum Gasteiger partial charge on any atom is 0.269 e. The molecule has 1 fully saturated rings. The van der Waals surface area contributed by atoms with Gasteiger partial charge in [-0.15, -0.1) is 0 Å². The van der Waals surface area contributed by atoms with E-state index in [1.807, 2.05) is 19.9 Å². The standard InChI is InChI=1S/C25H23ClO5S.C25H23NO7S.C23H26O5S.C21H25NO5S.C20H23NO5S/c26-20-5-3-4-18(16-20)10-13-24(29)23-6-1-2-7-25(23)32(30,31)15-14-22(28)17-19-8-11-21(27)12-9-19;27-21-12-7-19(8-13-21)17-22(28)15-16-34(32,33)25-4-2-1-3-23(25)24(29)14-9-18-5-10-20(11-6-18)26(30)31;24-19-11-9-18(10-12-19)15-20(25)13-14-29(27,28)23-8-4-3-7-21(23)22(26)16-17-5-1-2-6-17;1-15(2)14-22-21(25)19-5-3-4-6-20(19)28(26,27)12-11-18(24)13-16-7-9-17(23)10-8-16;1-14(2)21-20(24)18-5-3-4-6-19(18)27(25,26)12-11-17(23)13-15-7-9-16(22)10-8-15/h1-9,11-12,16,27H,10,13-15,17H2;1-8,10-13,27H,9,14-17H2;3-4,7-12,17,24H,1-2,5-6,13-16H2;3-10,15,23H,11-14H2,1-2H3,(H,22,25);3-10,14,22H,11-13H2,1-2H3,(H,21,24). The highest BCUT2D eigenvalue weighted by Crippen LogP contribution is 2.33. The smallest absolute Gasteiger partial charge is 0.269 e. The molecule has 0 unspecified atom stereocenters. The highest BCUT2D eigenvalue weighted by atomic mass is 35.5. The van der Waals surface area contributed by atoms with Gasteiger partial charge in [0.15, 0.2) is 66.5 Å². The summed E-state index contributed by atoms with van der Waals surface area (Å²) in [5.74, 6) is -3.60. The number of halogens is 1. The zero-order valence-corrected chi connectivity index (χ0v) is 88.0. The Balaban J connectivity index is 0.000000209. The molecule has 0 heterocycles. The lowest BCUT2D eigenvalue weighted by Gasteiger charge is -2.12. The number of hydrogen-bond donors (Lipinski definition) is 7. The van der Waals surface area contributed by atoms with E-state index in [9.17, 15) is 126 Å². The molecule has 1 aliphatic rings. The van der Waals surface area contributed by atoms with Crippen LogP contribution >= 0.6 is 11.6 Å². The number of non-ortho nitro benzene ring substituents is 1. The largest absolute Gasteiger partial charge is 0.508 e. The highest BCUT2D eigenvalue weighted by molar-refractivity contribution is 7.92. The summed E-state index contributed by atoms with van der Waals surface area (Å²) in [6.45, 7) is 7.91. The predicted octanol–water partition coefficient (Wildman–Crippen LogP) is 18.3. The van der Waals surface area contributed by atoms with Crippen LogP contribution in [-0.4, -0.2) is 172 Å². The summed E-state index contributed by atoms with van der Waals surface area (Å²) in [6, 6.07) is 74.2. The Kier molecular flexibility index (Phi) is 45.4. The van der Waals surface area contributed by atoms with Crippen LogP contribution in [0.25, 0.3) is 0 Å². The molecule has 30 nitrogen and oxygen atoms in total. The maximum atomic E-state index is 12.9. The third kappa shape index (κ3) is 39.1. The normalized spacial score (nSPS) is 12.0. The van der Waals surface area contributed by atoms with Gasteiger partial charge < -0.3 is 36.2 Å². The fourth-order valence-corrected chi connectivity index (χ4v) is 23.5. The lowest BCUT2D eigenvalue weighted by molar-refractivity contribution is -0.384.